The van der Waals surface area contributed by atoms with Crippen LogP contribution in [-0.2, 0) is 0 Å². The fourth-order valence-corrected chi connectivity index (χ4v) is 1.93. The first-order chi connectivity index (χ1) is 9.65. The van der Waals surface area contributed by atoms with E-state index in [1.54, 1.807) is 18.3 Å². The molecule has 1 heterocycles. The number of hydrogen-bond acceptors (Lipinski definition) is 2. The first-order valence-electron chi connectivity index (χ1n) is 5.83. The van der Waals surface area contributed by atoms with Gasteiger partial charge in [0.05, 0.1) is 17.3 Å². The molecule has 0 atom stereocenters. The van der Waals surface area contributed by atoms with Crippen LogP contribution in [0.2, 0.25) is 0 Å². The van der Waals surface area contributed by atoms with Crippen LogP contribution in [0.1, 0.15) is 10.4 Å². The van der Waals surface area contributed by atoms with E-state index in [2.05, 4.69) is 15.5 Å². The van der Waals surface area contributed by atoms with Gasteiger partial charge in [0, 0.05) is 17.1 Å². The SMILES string of the molecule is O=C(Nc1ccc(F)c(F)c1)c1cccc2cn[nH]c12. The van der Waals surface area contributed by atoms with Crippen molar-refractivity contribution in [3.05, 3.63) is 59.8 Å². The Labute approximate surface area is 112 Å². The number of halogens is 2. The van der Waals surface area contributed by atoms with Gasteiger partial charge in [0.1, 0.15) is 0 Å². The zero-order chi connectivity index (χ0) is 14.1. The lowest BCUT2D eigenvalue weighted by atomic mass is 10.1. The van der Waals surface area contributed by atoms with E-state index in [9.17, 15) is 13.6 Å². The molecule has 0 unspecified atom stereocenters. The molecule has 3 rings (SSSR count). The molecule has 4 nitrogen and oxygen atoms in total. The monoisotopic (exact) mass is 273 g/mol. The average Bonchev–Trinajstić information content (AvgIpc) is 2.91. The van der Waals surface area contributed by atoms with Crippen molar-refractivity contribution in [2.24, 2.45) is 0 Å². The standard InChI is InChI=1S/C14H9F2N3O/c15-11-5-4-9(6-12(11)16)18-14(20)10-3-1-2-8-7-17-19-13(8)10/h1-7H,(H,17,19)(H,18,20). The van der Waals surface area contributed by atoms with Crippen molar-refractivity contribution in [2.75, 3.05) is 5.32 Å². The quantitative estimate of drug-likeness (QED) is 0.753. The zero-order valence-electron chi connectivity index (χ0n) is 10.2. The van der Waals surface area contributed by atoms with Crippen molar-refractivity contribution >= 4 is 22.5 Å². The van der Waals surface area contributed by atoms with E-state index in [0.29, 0.717) is 11.1 Å². The Morgan fingerprint density at radius 2 is 2.00 bits per heavy atom. The third kappa shape index (κ3) is 2.11. The number of aromatic nitrogens is 2. The smallest absolute Gasteiger partial charge is 0.257 e. The molecule has 2 aromatic carbocycles. The highest BCUT2D eigenvalue weighted by molar-refractivity contribution is 6.11. The topological polar surface area (TPSA) is 57.8 Å². The summed E-state index contributed by atoms with van der Waals surface area (Å²) in [6, 6.07) is 8.34. The summed E-state index contributed by atoms with van der Waals surface area (Å²) in [6.07, 6.45) is 1.60. The van der Waals surface area contributed by atoms with Gasteiger partial charge in [0.2, 0.25) is 0 Å². The normalized spacial score (nSPS) is 10.7. The van der Waals surface area contributed by atoms with Gasteiger partial charge in [0.15, 0.2) is 11.6 Å². The number of para-hydroxylation sites is 1. The molecular formula is C14H9F2N3O. The minimum absolute atomic E-state index is 0.186. The number of rotatable bonds is 2. The maximum Gasteiger partial charge on any atom is 0.257 e. The van der Waals surface area contributed by atoms with Gasteiger partial charge in [-0.15, -0.1) is 0 Å². The van der Waals surface area contributed by atoms with Crippen molar-refractivity contribution in [3.8, 4) is 0 Å². The lowest BCUT2D eigenvalue weighted by molar-refractivity contribution is 0.102. The Morgan fingerprint density at radius 3 is 2.80 bits per heavy atom. The van der Waals surface area contributed by atoms with Crippen LogP contribution < -0.4 is 5.32 Å². The molecule has 0 saturated carbocycles. The molecule has 0 aliphatic rings. The predicted octanol–water partition coefficient (Wildman–Crippen LogP) is 3.09. The van der Waals surface area contributed by atoms with Crippen molar-refractivity contribution in [2.45, 2.75) is 0 Å². The Hall–Kier alpha value is -2.76. The third-order valence-electron chi connectivity index (χ3n) is 2.90. The van der Waals surface area contributed by atoms with E-state index in [1.807, 2.05) is 6.07 Å². The van der Waals surface area contributed by atoms with Crippen molar-refractivity contribution < 1.29 is 13.6 Å². The van der Waals surface area contributed by atoms with Crippen LogP contribution in [0.4, 0.5) is 14.5 Å². The summed E-state index contributed by atoms with van der Waals surface area (Å²) in [5, 5.41) is 9.90. The lowest BCUT2D eigenvalue weighted by Gasteiger charge is -2.06. The van der Waals surface area contributed by atoms with Gasteiger partial charge in [-0.2, -0.15) is 5.10 Å². The van der Waals surface area contributed by atoms with Crippen LogP contribution in [0.3, 0.4) is 0 Å². The molecule has 1 aromatic heterocycles. The van der Waals surface area contributed by atoms with Crippen LogP contribution in [0.15, 0.2) is 42.6 Å². The molecule has 0 fully saturated rings. The maximum absolute atomic E-state index is 13.1. The van der Waals surface area contributed by atoms with Crippen LogP contribution in [0.25, 0.3) is 10.9 Å². The van der Waals surface area contributed by atoms with E-state index < -0.39 is 17.5 Å². The summed E-state index contributed by atoms with van der Waals surface area (Å²) in [7, 11) is 0. The second kappa shape index (κ2) is 4.73. The molecular weight excluding hydrogens is 264 g/mol. The van der Waals surface area contributed by atoms with Gasteiger partial charge in [-0.25, -0.2) is 8.78 Å². The summed E-state index contributed by atoms with van der Waals surface area (Å²) in [5.41, 5.74) is 1.16. The number of H-pyrrole nitrogens is 1. The summed E-state index contributed by atoms with van der Waals surface area (Å²) in [6.45, 7) is 0. The predicted molar refractivity (Wildman–Crippen MR) is 70.4 cm³/mol. The molecule has 100 valence electrons. The van der Waals surface area contributed by atoms with Gasteiger partial charge in [-0.1, -0.05) is 12.1 Å². The Balaban J connectivity index is 1.93. The molecule has 0 aliphatic carbocycles. The molecule has 1 amide bonds. The minimum Gasteiger partial charge on any atom is -0.322 e. The number of fused-ring (bicyclic) bond motifs is 1. The second-order valence-electron chi connectivity index (χ2n) is 4.22. The Kier molecular flexibility index (Phi) is 2.90. The maximum atomic E-state index is 13.1. The number of hydrogen-bond donors (Lipinski definition) is 2. The van der Waals surface area contributed by atoms with Crippen molar-refractivity contribution in [3.63, 3.8) is 0 Å². The molecule has 6 heteroatoms. The van der Waals surface area contributed by atoms with Gasteiger partial charge in [-0.3, -0.25) is 9.89 Å². The molecule has 0 aliphatic heterocycles. The lowest BCUT2D eigenvalue weighted by Crippen LogP contribution is -2.12. The number of carbonyl (C=O) groups excluding carboxylic acids is 1. The number of nitrogens with one attached hydrogen (secondary N) is 2. The zero-order valence-corrected chi connectivity index (χ0v) is 10.2. The summed E-state index contributed by atoms with van der Waals surface area (Å²) < 4.78 is 25.9. The molecule has 2 N–H and O–H groups in total. The summed E-state index contributed by atoms with van der Waals surface area (Å²) in [4.78, 5) is 12.1. The molecule has 0 radical (unpaired) electrons. The van der Waals surface area contributed by atoms with E-state index >= 15 is 0 Å². The van der Waals surface area contributed by atoms with Crippen LogP contribution in [-0.4, -0.2) is 16.1 Å². The fourth-order valence-electron chi connectivity index (χ4n) is 1.93. The first kappa shape index (κ1) is 12.3. The number of aromatic amines is 1. The molecule has 0 bridgehead atoms. The molecule has 0 saturated heterocycles. The van der Waals surface area contributed by atoms with Crippen LogP contribution in [0.5, 0.6) is 0 Å². The van der Waals surface area contributed by atoms with Gasteiger partial charge < -0.3 is 5.32 Å². The minimum atomic E-state index is -1.01. The number of benzene rings is 2. The van der Waals surface area contributed by atoms with E-state index in [-0.39, 0.29) is 5.69 Å². The van der Waals surface area contributed by atoms with Gasteiger partial charge >= 0.3 is 0 Å². The summed E-state index contributed by atoms with van der Waals surface area (Å²) in [5.74, 6) is -2.40. The molecule has 0 spiro atoms. The van der Waals surface area contributed by atoms with E-state index in [0.717, 1.165) is 17.5 Å². The second-order valence-corrected chi connectivity index (χ2v) is 4.22. The summed E-state index contributed by atoms with van der Waals surface area (Å²) >= 11 is 0. The Bertz CT molecular complexity index is 798. The highest BCUT2D eigenvalue weighted by Gasteiger charge is 2.12. The van der Waals surface area contributed by atoms with E-state index in [4.69, 9.17) is 0 Å². The first-order valence-corrected chi connectivity index (χ1v) is 5.83. The highest BCUT2D eigenvalue weighted by atomic mass is 19.2. The highest BCUT2D eigenvalue weighted by Crippen LogP contribution is 2.18. The van der Waals surface area contributed by atoms with Gasteiger partial charge in [-0.05, 0) is 18.2 Å². The van der Waals surface area contributed by atoms with Crippen molar-refractivity contribution in [1.82, 2.24) is 10.2 Å². The Morgan fingerprint density at radius 1 is 1.15 bits per heavy atom. The fraction of sp³-hybridized carbons (Fsp3) is 0. The van der Waals surface area contributed by atoms with Crippen molar-refractivity contribution in [1.29, 1.82) is 0 Å². The average molecular weight is 273 g/mol. The van der Waals surface area contributed by atoms with Crippen LogP contribution in [0, 0.1) is 11.6 Å². The number of nitrogens with zero attached hydrogens (tertiary/aromatic N) is 1. The number of anilines is 1. The molecule has 20 heavy (non-hydrogen) atoms. The third-order valence-corrected chi connectivity index (χ3v) is 2.90. The van der Waals surface area contributed by atoms with Crippen LogP contribution >= 0.6 is 0 Å². The van der Waals surface area contributed by atoms with E-state index in [1.165, 1.54) is 6.07 Å². The van der Waals surface area contributed by atoms with Gasteiger partial charge in [0.25, 0.3) is 5.91 Å². The number of carbonyl (C=O) groups is 1. The largest absolute Gasteiger partial charge is 0.322 e. The number of amides is 1. The molecule has 3 aromatic rings.